The molecular weight excluding hydrogens is 310 g/mol. The number of halogens is 1. The van der Waals surface area contributed by atoms with Gasteiger partial charge in [0.2, 0.25) is 0 Å². The van der Waals surface area contributed by atoms with Gasteiger partial charge in [-0.1, -0.05) is 35.8 Å². The van der Waals surface area contributed by atoms with Crippen LogP contribution in [0.3, 0.4) is 0 Å². The fourth-order valence-corrected chi connectivity index (χ4v) is 2.59. The minimum Gasteiger partial charge on any atom is -0.492 e. The van der Waals surface area contributed by atoms with Crippen molar-refractivity contribution in [3.63, 3.8) is 0 Å². The van der Waals surface area contributed by atoms with E-state index in [1.807, 2.05) is 11.8 Å². The van der Waals surface area contributed by atoms with Crippen LogP contribution in [0, 0.1) is 0 Å². The molecule has 0 bridgehead atoms. The zero-order chi connectivity index (χ0) is 13.4. The predicted molar refractivity (Wildman–Crippen MR) is 84.7 cm³/mol. The van der Waals surface area contributed by atoms with Crippen LogP contribution in [-0.2, 0) is 0 Å². The van der Waals surface area contributed by atoms with Crippen molar-refractivity contribution < 1.29 is 4.74 Å². The highest BCUT2D eigenvalue weighted by Crippen LogP contribution is 2.28. The zero-order valence-corrected chi connectivity index (χ0v) is 13.7. The lowest BCUT2D eigenvalue weighted by Gasteiger charge is -2.18. The smallest absolute Gasteiger partial charge is 0.125 e. The van der Waals surface area contributed by atoms with Gasteiger partial charge in [-0.15, -0.1) is 0 Å². The van der Waals surface area contributed by atoms with Gasteiger partial charge in [0.1, 0.15) is 5.75 Å². The van der Waals surface area contributed by atoms with Crippen molar-refractivity contribution in [3.8, 4) is 5.75 Å². The molecular formula is C14H22BrNOS. The Morgan fingerprint density at radius 3 is 2.83 bits per heavy atom. The van der Waals surface area contributed by atoms with Crippen molar-refractivity contribution >= 4 is 27.7 Å². The molecule has 0 aliphatic heterocycles. The monoisotopic (exact) mass is 331 g/mol. The van der Waals surface area contributed by atoms with Gasteiger partial charge in [-0.2, -0.15) is 11.8 Å². The van der Waals surface area contributed by atoms with Crippen molar-refractivity contribution in [1.82, 2.24) is 5.32 Å². The first-order valence-electron chi connectivity index (χ1n) is 6.42. The van der Waals surface area contributed by atoms with E-state index in [1.165, 1.54) is 5.56 Å². The first-order valence-corrected chi connectivity index (χ1v) is 8.37. The second-order valence-electron chi connectivity index (χ2n) is 4.01. The van der Waals surface area contributed by atoms with E-state index in [0.29, 0.717) is 6.04 Å². The fraction of sp³-hybridized carbons (Fsp3) is 0.571. The van der Waals surface area contributed by atoms with E-state index in [9.17, 15) is 0 Å². The third kappa shape index (κ3) is 5.21. The zero-order valence-electron chi connectivity index (χ0n) is 11.3. The number of hydrogen-bond acceptors (Lipinski definition) is 3. The molecule has 1 atom stereocenters. The second-order valence-corrected chi connectivity index (χ2v) is 6.32. The van der Waals surface area contributed by atoms with Crippen LogP contribution in [0.2, 0.25) is 0 Å². The molecule has 0 fully saturated rings. The standard InChI is InChI=1S/C14H22BrNOS/c1-4-16-11(3)13-7-6-12(15)10-14(13)17-8-9-18-5-2/h6-7,10-11,16H,4-5,8-9H2,1-3H3. The van der Waals surface area contributed by atoms with Gasteiger partial charge in [0.15, 0.2) is 0 Å². The minimum atomic E-state index is 0.317. The van der Waals surface area contributed by atoms with E-state index < -0.39 is 0 Å². The van der Waals surface area contributed by atoms with Crippen molar-refractivity contribution in [2.45, 2.75) is 26.8 Å². The summed E-state index contributed by atoms with van der Waals surface area (Å²) in [7, 11) is 0. The molecule has 0 heterocycles. The van der Waals surface area contributed by atoms with Gasteiger partial charge in [-0.3, -0.25) is 0 Å². The Morgan fingerprint density at radius 2 is 2.17 bits per heavy atom. The molecule has 0 radical (unpaired) electrons. The molecule has 1 N–H and O–H groups in total. The van der Waals surface area contributed by atoms with Crippen molar-refractivity contribution in [1.29, 1.82) is 0 Å². The Balaban J connectivity index is 2.70. The van der Waals surface area contributed by atoms with Gasteiger partial charge in [0.05, 0.1) is 6.61 Å². The molecule has 0 spiro atoms. The summed E-state index contributed by atoms with van der Waals surface area (Å²) in [4.78, 5) is 0. The summed E-state index contributed by atoms with van der Waals surface area (Å²) in [6.07, 6.45) is 0. The highest BCUT2D eigenvalue weighted by molar-refractivity contribution is 9.10. The van der Waals surface area contributed by atoms with E-state index in [2.05, 4.69) is 60.2 Å². The molecule has 0 aromatic heterocycles. The molecule has 2 nitrogen and oxygen atoms in total. The van der Waals surface area contributed by atoms with Gasteiger partial charge in [-0.05, 0) is 31.4 Å². The van der Waals surface area contributed by atoms with Gasteiger partial charge in [0.25, 0.3) is 0 Å². The summed E-state index contributed by atoms with van der Waals surface area (Å²) in [6, 6.07) is 6.56. The van der Waals surface area contributed by atoms with Crippen LogP contribution >= 0.6 is 27.7 Å². The maximum Gasteiger partial charge on any atom is 0.125 e. The number of hydrogen-bond donors (Lipinski definition) is 1. The van der Waals surface area contributed by atoms with Gasteiger partial charge >= 0.3 is 0 Å². The Hall–Kier alpha value is -0.190. The van der Waals surface area contributed by atoms with Crippen LogP contribution in [0.5, 0.6) is 5.75 Å². The first kappa shape index (κ1) is 15.9. The van der Waals surface area contributed by atoms with Crippen LogP contribution in [0.1, 0.15) is 32.4 Å². The maximum atomic E-state index is 5.90. The lowest BCUT2D eigenvalue weighted by Crippen LogP contribution is -2.18. The Kier molecular flexibility index (Phi) is 7.79. The van der Waals surface area contributed by atoms with Crippen LogP contribution in [0.15, 0.2) is 22.7 Å². The first-order chi connectivity index (χ1) is 8.69. The summed E-state index contributed by atoms with van der Waals surface area (Å²) >= 11 is 5.41. The summed E-state index contributed by atoms with van der Waals surface area (Å²) < 4.78 is 6.96. The average molecular weight is 332 g/mol. The molecule has 1 unspecified atom stereocenters. The summed E-state index contributed by atoms with van der Waals surface area (Å²) in [5.41, 5.74) is 1.22. The Morgan fingerprint density at radius 1 is 1.39 bits per heavy atom. The van der Waals surface area contributed by atoms with E-state index >= 15 is 0 Å². The highest BCUT2D eigenvalue weighted by Gasteiger charge is 2.11. The fourth-order valence-electron chi connectivity index (χ4n) is 1.76. The third-order valence-electron chi connectivity index (χ3n) is 2.64. The Labute approximate surface area is 123 Å². The number of ether oxygens (including phenoxy) is 1. The lowest BCUT2D eigenvalue weighted by molar-refractivity contribution is 0.336. The number of nitrogens with one attached hydrogen (secondary N) is 1. The van der Waals surface area contributed by atoms with Crippen molar-refractivity contribution in [2.24, 2.45) is 0 Å². The SMILES string of the molecule is CCNC(C)c1ccc(Br)cc1OCCSCC. The number of rotatable bonds is 8. The third-order valence-corrected chi connectivity index (χ3v) is 4.00. The molecule has 0 saturated heterocycles. The molecule has 102 valence electrons. The van der Waals surface area contributed by atoms with Gasteiger partial charge < -0.3 is 10.1 Å². The predicted octanol–water partition coefficient (Wildman–Crippen LogP) is 4.25. The van der Waals surface area contributed by atoms with Crippen molar-refractivity contribution in [2.75, 3.05) is 24.7 Å². The Bertz CT molecular complexity index is 360. The van der Waals surface area contributed by atoms with E-state index in [4.69, 9.17) is 4.74 Å². The molecule has 0 aliphatic rings. The highest BCUT2D eigenvalue weighted by atomic mass is 79.9. The molecule has 0 aliphatic carbocycles. The van der Waals surface area contributed by atoms with Crippen molar-refractivity contribution in [3.05, 3.63) is 28.2 Å². The molecule has 18 heavy (non-hydrogen) atoms. The second kappa shape index (κ2) is 8.83. The summed E-state index contributed by atoms with van der Waals surface area (Å²) in [5, 5.41) is 3.42. The number of thioether (sulfide) groups is 1. The molecule has 1 aromatic rings. The minimum absolute atomic E-state index is 0.317. The topological polar surface area (TPSA) is 21.3 Å². The van der Waals surface area contributed by atoms with Crippen LogP contribution in [-0.4, -0.2) is 24.7 Å². The van der Waals surface area contributed by atoms with Gasteiger partial charge in [0, 0.05) is 21.8 Å². The van der Waals surface area contributed by atoms with Crippen LogP contribution < -0.4 is 10.1 Å². The number of benzene rings is 1. The molecule has 1 aromatic carbocycles. The summed E-state index contributed by atoms with van der Waals surface area (Å²) in [5.74, 6) is 3.16. The molecule has 1 rings (SSSR count). The van der Waals surface area contributed by atoms with Crippen LogP contribution in [0.4, 0.5) is 0 Å². The van der Waals surface area contributed by atoms with Crippen LogP contribution in [0.25, 0.3) is 0 Å². The molecule has 4 heteroatoms. The molecule has 0 amide bonds. The van der Waals surface area contributed by atoms with E-state index in [-0.39, 0.29) is 0 Å². The van der Waals surface area contributed by atoms with E-state index in [0.717, 1.165) is 34.9 Å². The quantitative estimate of drug-likeness (QED) is 0.719. The van der Waals surface area contributed by atoms with E-state index in [1.54, 1.807) is 0 Å². The average Bonchev–Trinajstić information content (AvgIpc) is 2.35. The lowest BCUT2D eigenvalue weighted by atomic mass is 10.1. The normalized spacial score (nSPS) is 12.4. The largest absolute Gasteiger partial charge is 0.492 e. The summed E-state index contributed by atoms with van der Waals surface area (Å²) in [6.45, 7) is 8.18. The molecule has 0 saturated carbocycles. The van der Waals surface area contributed by atoms with Gasteiger partial charge in [-0.25, -0.2) is 0 Å². The maximum absolute atomic E-state index is 5.90.